The summed E-state index contributed by atoms with van der Waals surface area (Å²) < 4.78 is 0. The fraction of sp³-hybridized carbons (Fsp3) is 0.111. The highest BCUT2D eigenvalue weighted by Crippen LogP contribution is 2.20. The highest BCUT2D eigenvalue weighted by molar-refractivity contribution is 6.27. The predicted octanol–water partition coefficient (Wildman–Crippen LogP) is 3.58. The topological polar surface area (TPSA) is 67.5 Å². The molecule has 0 saturated heterocycles. The van der Waals surface area contributed by atoms with E-state index in [1.165, 1.54) is 5.56 Å². The second-order valence-corrected chi connectivity index (χ2v) is 5.01. The van der Waals surface area contributed by atoms with Crippen molar-refractivity contribution in [3.63, 3.8) is 0 Å². The molecule has 0 spiro atoms. The van der Waals surface area contributed by atoms with Crippen LogP contribution in [-0.2, 0) is 0 Å². The molecule has 0 aliphatic heterocycles. The van der Waals surface area contributed by atoms with Crippen molar-refractivity contribution < 1.29 is 4.79 Å². The molecule has 0 fully saturated rings. The first-order chi connectivity index (χ1) is 10.6. The molecule has 3 N–H and O–H groups in total. The molecule has 4 nitrogen and oxygen atoms in total. The quantitative estimate of drug-likeness (QED) is 0.505. The summed E-state index contributed by atoms with van der Waals surface area (Å²) in [4.78, 5) is 10.8. The molecule has 0 aliphatic rings. The van der Waals surface area contributed by atoms with Crippen molar-refractivity contribution in [2.45, 2.75) is 13.8 Å². The Bertz CT molecular complexity index is 701. The van der Waals surface area contributed by atoms with Crippen molar-refractivity contribution >= 4 is 23.4 Å². The highest BCUT2D eigenvalue weighted by Gasteiger charge is 2.06. The second kappa shape index (κ2) is 7.22. The van der Waals surface area contributed by atoms with E-state index in [0.717, 1.165) is 16.7 Å². The van der Waals surface area contributed by atoms with Crippen LogP contribution in [0, 0.1) is 6.92 Å². The van der Waals surface area contributed by atoms with Gasteiger partial charge in [0.15, 0.2) is 0 Å². The molecule has 2 aromatic rings. The van der Waals surface area contributed by atoms with E-state index in [0.29, 0.717) is 5.71 Å². The van der Waals surface area contributed by atoms with Gasteiger partial charge in [0.1, 0.15) is 0 Å². The summed E-state index contributed by atoms with van der Waals surface area (Å²) >= 11 is 0. The molecule has 2 amide bonds. The van der Waals surface area contributed by atoms with Crippen LogP contribution in [0.4, 0.5) is 4.79 Å². The monoisotopic (exact) mass is 293 g/mol. The standard InChI is InChI=1S/C18H19N3O/c1-13-8-10-15(11-9-13)12-17(14(2)20-21-18(19)22)16-6-4-3-5-7-16/h3-12H,1-2H3,(H3,19,21,22). The van der Waals surface area contributed by atoms with Crippen molar-refractivity contribution in [1.29, 1.82) is 0 Å². The maximum Gasteiger partial charge on any atom is 0.332 e. The smallest absolute Gasteiger partial charge is 0.332 e. The highest BCUT2D eigenvalue weighted by atomic mass is 16.2. The lowest BCUT2D eigenvalue weighted by Gasteiger charge is -2.08. The number of nitrogens with one attached hydrogen (secondary N) is 1. The van der Waals surface area contributed by atoms with Crippen molar-refractivity contribution in [3.8, 4) is 0 Å². The number of carbonyl (C=O) groups is 1. The molecule has 0 atom stereocenters. The fourth-order valence-electron chi connectivity index (χ4n) is 2.04. The minimum absolute atomic E-state index is 0.679. The number of aryl methyl sites for hydroxylation is 1. The van der Waals surface area contributed by atoms with Gasteiger partial charge >= 0.3 is 6.03 Å². The van der Waals surface area contributed by atoms with Gasteiger partial charge in [0, 0.05) is 5.57 Å². The van der Waals surface area contributed by atoms with Crippen LogP contribution >= 0.6 is 0 Å². The molecule has 2 rings (SSSR count). The summed E-state index contributed by atoms with van der Waals surface area (Å²) in [6.07, 6.45) is 2.04. The molecular formula is C18H19N3O. The van der Waals surface area contributed by atoms with Gasteiger partial charge in [0.05, 0.1) is 5.71 Å². The van der Waals surface area contributed by atoms with Gasteiger partial charge in [-0.2, -0.15) is 5.10 Å². The lowest BCUT2D eigenvalue weighted by Crippen LogP contribution is -2.25. The van der Waals surface area contributed by atoms with Crippen LogP contribution < -0.4 is 11.2 Å². The Labute approximate surface area is 130 Å². The zero-order chi connectivity index (χ0) is 15.9. The average Bonchev–Trinajstić information content (AvgIpc) is 2.53. The average molecular weight is 293 g/mol. The first-order valence-electron chi connectivity index (χ1n) is 7.00. The minimum Gasteiger partial charge on any atom is -0.350 e. The van der Waals surface area contributed by atoms with E-state index in [4.69, 9.17) is 5.73 Å². The van der Waals surface area contributed by atoms with Crippen LogP contribution in [0.25, 0.3) is 11.6 Å². The van der Waals surface area contributed by atoms with E-state index in [9.17, 15) is 4.79 Å². The van der Waals surface area contributed by atoms with Crippen LogP contribution in [-0.4, -0.2) is 11.7 Å². The maximum atomic E-state index is 10.8. The largest absolute Gasteiger partial charge is 0.350 e. The van der Waals surface area contributed by atoms with E-state index >= 15 is 0 Å². The van der Waals surface area contributed by atoms with E-state index in [-0.39, 0.29) is 0 Å². The van der Waals surface area contributed by atoms with Gasteiger partial charge in [-0.05, 0) is 31.1 Å². The summed E-state index contributed by atoms with van der Waals surface area (Å²) in [6.45, 7) is 3.89. The Kier molecular flexibility index (Phi) is 5.09. The van der Waals surface area contributed by atoms with Gasteiger partial charge in [-0.25, -0.2) is 10.2 Å². The molecule has 0 aromatic heterocycles. The predicted molar refractivity (Wildman–Crippen MR) is 91.3 cm³/mol. The van der Waals surface area contributed by atoms with Crippen molar-refractivity contribution in [1.82, 2.24) is 5.43 Å². The molecule has 0 bridgehead atoms. The first-order valence-corrected chi connectivity index (χ1v) is 7.00. The van der Waals surface area contributed by atoms with Gasteiger partial charge in [0.25, 0.3) is 0 Å². The first kappa shape index (κ1) is 15.5. The third-order valence-corrected chi connectivity index (χ3v) is 3.20. The number of carbonyl (C=O) groups excluding carboxylic acids is 1. The molecule has 112 valence electrons. The number of hydrogen-bond acceptors (Lipinski definition) is 2. The number of nitrogens with zero attached hydrogens (tertiary/aromatic N) is 1. The van der Waals surface area contributed by atoms with Crippen LogP contribution in [0.3, 0.4) is 0 Å². The van der Waals surface area contributed by atoms with Crippen LogP contribution in [0.1, 0.15) is 23.6 Å². The van der Waals surface area contributed by atoms with Gasteiger partial charge in [-0.15, -0.1) is 0 Å². The molecule has 0 saturated carbocycles. The SMILES string of the molecule is CC(=NNC(N)=O)C(=Cc1ccc(C)cc1)c1ccccc1. The number of primary amides is 1. The van der Waals surface area contributed by atoms with Crippen LogP contribution in [0.15, 0.2) is 59.7 Å². The molecule has 0 heterocycles. The number of amides is 2. The molecule has 2 aromatic carbocycles. The van der Waals surface area contributed by atoms with Gasteiger partial charge in [-0.1, -0.05) is 60.2 Å². The molecule has 0 aliphatic carbocycles. The van der Waals surface area contributed by atoms with Crippen molar-refractivity contribution in [3.05, 3.63) is 71.3 Å². The number of rotatable bonds is 4. The number of hydrazone groups is 1. The zero-order valence-electron chi connectivity index (χ0n) is 12.7. The summed E-state index contributed by atoms with van der Waals surface area (Å²) in [5, 5.41) is 4.04. The maximum absolute atomic E-state index is 10.8. The summed E-state index contributed by atoms with van der Waals surface area (Å²) in [7, 11) is 0. The van der Waals surface area contributed by atoms with Gasteiger partial charge in [-0.3, -0.25) is 0 Å². The Hall–Kier alpha value is -2.88. The molecule has 0 radical (unpaired) electrons. The third-order valence-electron chi connectivity index (χ3n) is 3.20. The Morgan fingerprint density at radius 1 is 1.09 bits per heavy atom. The van der Waals surface area contributed by atoms with Gasteiger partial charge in [0.2, 0.25) is 0 Å². The van der Waals surface area contributed by atoms with Crippen LogP contribution in [0.5, 0.6) is 0 Å². The fourth-order valence-corrected chi connectivity index (χ4v) is 2.04. The number of nitrogens with two attached hydrogens (primary N) is 1. The van der Waals surface area contributed by atoms with Crippen LogP contribution in [0.2, 0.25) is 0 Å². The third kappa shape index (κ3) is 4.31. The van der Waals surface area contributed by atoms with E-state index in [2.05, 4.69) is 29.6 Å². The Balaban J connectivity index is 2.43. The summed E-state index contributed by atoms with van der Waals surface area (Å²) in [5.41, 5.74) is 12.3. The Morgan fingerprint density at radius 3 is 2.32 bits per heavy atom. The Morgan fingerprint density at radius 2 is 1.73 bits per heavy atom. The van der Waals surface area contributed by atoms with Crippen molar-refractivity contribution in [2.75, 3.05) is 0 Å². The number of hydrogen-bond donors (Lipinski definition) is 2. The molecular weight excluding hydrogens is 274 g/mol. The van der Waals surface area contributed by atoms with E-state index in [1.807, 2.05) is 55.5 Å². The second-order valence-electron chi connectivity index (χ2n) is 5.01. The normalized spacial score (nSPS) is 12.1. The molecule has 0 unspecified atom stereocenters. The number of urea groups is 1. The zero-order valence-corrected chi connectivity index (χ0v) is 12.7. The lowest BCUT2D eigenvalue weighted by atomic mass is 9.99. The summed E-state index contributed by atoms with van der Waals surface area (Å²) in [6, 6.07) is 17.4. The molecule has 22 heavy (non-hydrogen) atoms. The van der Waals surface area contributed by atoms with Crippen molar-refractivity contribution in [2.24, 2.45) is 10.8 Å². The summed E-state index contributed by atoms with van der Waals surface area (Å²) in [5.74, 6) is 0. The lowest BCUT2D eigenvalue weighted by molar-refractivity contribution is 0.249. The number of allylic oxidation sites excluding steroid dienone is 1. The molecule has 4 heteroatoms. The van der Waals surface area contributed by atoms with E-state index < -0.39 is 6.03 Å². The number of benzene rings is 2. The van der Waals surface area contributed by atoms with Gasteiger partial charge < -0.3 is 5.73 Å². The van der Waals surface area contributed by atoms with E-state index in [1.54, 1.807) is 0 Å². The minimum atomic E-state index is -0.679.